The summed E-state index contributed by atoms with van der Waals surface area (Å²) in [6, 6.07) is 7.34. The lowest BCUT2D eigenvalue weighted by Gasteiger charge is -2.36. The van der Waals surface area contributed by atoms with Crippen LogP contribution in [0, 0.1) is 11.6 Å². The molecule has 5 heterocycles. The average Bonchev–Trinajstić information content (AvgIpc) is 3.75. The molecule has 13 nitrogen and oxygen atoms in total. The number of aromatic nitrogens is 5. The first-order chi connectivity index (χ1) is 21.5. The number of nitrogens with two attached hydrogens (primary N) is 1. The van der Waals surface area contributed by atoms with E-state index >= 15 is 0 Å². The van der Waals surface area contributed by atoms with Gasteiger partial charge >= 0.3 is 5.69 Å². The number of nitrogens with zero attached hydrogens (tertiary/aromatic N) is 8. The van der Waals surface area contributed by atoms with Crippen LogP contribution in [0.1, 0.15) is 10.4 Å². The van der Waals surface area contributed by atoms with Gasteiger partial charge in [-0.25, -0.2) is 13.6 Å². The molecule has 16 heteroatoms. The number of fused-ring (bicyclic) bond motifs is 3. The van der Waals surface area contributed by atoms with Gasteiger partial charge in [0, 0.05) is 88.8 Å². The number of hydrogen-bond acceptors (Lipinski definition) is 9. The normalized spacial score (nSPS) is 14.9. The first-order valence-electron chi connectivity index (χ1n) is 14.3. The van der Waals surface area contributed by atoms with E-state index in [-0.39, 0.29) is 35.2 Å². The molecule has 1 aliphatic heterocycles. The highest BCUT2D eigenvalue weighted by Gasteiger charge is 2.26. The fourth-order valence-electron chi connectivity index (χ4n) is 5.64. The molecule has 1 aliphatic rings. The number of anilines is 2. The molecule has 1 fully saturated rings. The maximum Gasteiger partial charge on any atom is 0.330 e. The highest BCUT2D eigenvalue weighted by atomic mass is 32.2. The van der Waals surface area contributed by atoms with Crippen molar-refractivity contribution in [2.75, 3.05) is 69.0 Å². The summed E-state index contributed by atoms with van der Waals surface area (Å²) >= 11 is 0. The fourth-order valence-corrected chi connectivity index (χ4v) is 6.17. The number of hydrogen-bond donors (Lipinski definition) is 1. The van der Waals surface area contributed by atoms with Crippen LogP contribution in [0.2, 0.25) is 0 Å². The third kappa shape index (κ3) is 5.70. The molecule has 1 saturated heterocycles. The Morgan fingerprint density at radius 2 is 1.89 bits per heavy atom. The molecule has 0 aliphatic carbocycles. The van der Waals surface area contributed by atoms with Crippen LogP contribution in [0.3, 0.4) is 0 Å². The Morgan fingerprint density at radius 3 is 2.58 bits per heavy atom. The van der Waals surface area contributed by atoms with E-state index in [1.54, 1.807) is 41.0 Å². The number of halogens is 2. The van der Waals surface area contributed by atoms with Crippen molar-refractivity contribution in [1.29, 1.82) is 0 Å². The third-order valence-corrected chi connectivity index (χ3v) is 8.92. The predicted molar refractivity (Wildman–Crippen MR) is 167 cm³/mol. The van der Waals surface area contributed by atoms with Crippen LogP contribution in [0.25, 0.3) is 28.1 Å². The number of nitrogen functional groups attached to an aromatic ring is 1. The van der Waals surface area contributed by atoms with E-state index in [0.29, 0.717) is 67.4 Å². The quantitative estimate of drug-likeness (QED) is 0.255. The van der Waals surface area contributed by atoms with Crippen LogP contribution in [-0.4, -0.2) is 102 Å². The summed E-state index contributed by atoms with van der Waals surface area (Å²) in [6.45, 7) is 3.03. The maximum absolute atomic E-state index is 14.9. The molecule has 0 unspecified atom stereocenters. The summed E-state index contributed by atoms with van der Waals surface area (Å²) in [5.41, 5.74) is 8.15. The van der Waals surface area contributed by atoms with Gasteiger partial charge < -0.3 is 20.0 Å². The molecule has 238 valence electrons. The van der Waals surface area contributed by atoms with Gasteiger partial charge in [0.15, 0.2) is 11.4 Å². The summed E-state index contributed by atoms with van der Waals surface area (Å²) < 4.78 is 51.0. The van der Waals surface area contributed by atoms with Gasteiger partial charge in [-0.3, -0.25) is 23.0 Å². The summed E-state index contributed by atoms with van der Waals surface area (Å²) in [5, 5.41) is 4.50. The summed E-state index contributed by atoms with van der Waals surface area (Å²) in [7, 11) is 2.07. The van der Waals surface area contributed by atoms with E-state index in [9.17, 15) is 22.6 Å². The number of amides is 1. The number of carbonyl (C=O) groups is 1. The number of imidazole rings is 1. The van der Waals surface area contributed by atoms with E-state index in [1.807, 2.05) is 0 Å². The molecule has 0 spiro atoms. The van der Waals surface area contributed by atoms with Gasteiger partial charge in [-0.15, -0.1) is 0 Å². The van der Waals surface area contributed by atoms with Crippen molar-refractivity contribution in [3.63, 3.8) is 0 Å². The highest BCUT2D eigenvalue weighted by molar-refractivity contribution is 7.84. The van der Waals surface area contributed by atoms with Crippen LogP contribution in [0.5, 0.6) is 0 Å². The Labute approximate surface area is 258 Å². The fraction of sp³-hybridized carbons (Fsp3) is 0.379. The molecule has 45 heavy (non-hydrogen) atoms. The molecule has 1 atom stereocenters. The molecule has 0 saturated carbocycles. The summed E-state index contributed by atoms with van der Waals surface area (Å²) in [4.78, 5) is 35.9. The first kappa shape index (κ1) is 30.5. The Morgan fingerprint density at radius 1 is 1.13 bits per heavy atom. The van der Waals surface area contributed by atoms with Gasteiger partial charge in [0.2, 0.25) is 5.95 Å². The smallest absolute Gasteiger partial charge is 0.330 e. The molecule has 4 aromatic heterocycles. The van der Waals surface area contributed by atoms with Crippen LogP contribution in [-0.2, 0) is 24.4 Å². The molecular formula is C29H33F2N9O4S. The van der Waals surface area contributed by atoms with Gasteiger partial charge in [0.05, 0.1) is 23.0 Å². The SMILES string of the molecule is CN(CC[S@](C)=O)C(=O)c1cc(N2CCN(CCn3c(=O)n(C)c4c3nc(N)n3nc(-c5ccco5)cc43)CC2)c(F)cc1F. The molecular weight excluding hydrogens is 608 g/mol. The summed E-state index contributed by atoms with van der Waals surface area (Å²) in [6.07, 6.45) is 3.08. The number of benzene rings is 1. The Hall–Kier alpha value is -4.57. The molecule has 6 rings (SSSR count). The van der Waals surface area contributed by atoms with Crippen molar-refractivity contribution in [3.05, 3.63) is 64.3 Å². The zero-order valence-corrected chi connectivity index (χ0v) is 25.9. The second-order valence-corrected chi connectivity index (χ2v) is 12.6. The minimum atomic E-state index is -1.11. The Bertz CT molecular complexity index is 1980. The van der Waals surface area contributed by atoms with Gasteiger partial charge in [0.1, 0.15) is 22.8 Å². The highest BCUT2D eigenvalue weighted by Crippen LogP contribution is 2.27. The minimum Gasteiger partial charge on any atom is -0.463 e. The minimum absolute atomic E-state index is 0.133. The lowest BCUT2D eigenvalue weighted by Crippen LogP contribution is -2.48. The lowest BCUT2D eigenvalue weighted by atomic mass is 10.1. The second kappa shape index (κ2) is 12.1. The topological polar surface area (TPSA) is 140 Å². The monoisotopic (exact) mass is 641 g/mol. The van der Waals surface area contributed by atoms with Crippen molar-refractivity contribution in [2.45, 2.75) is 6.54 Å². The molecule has 0 bridgehead atoms. The van der Waals surface area contributed by atoms with Gasteiger partial charge in [-0.05, 0) is 24.3 Å². The van der Waals surface area contributed by atoms with E-state index in [0.717, 1.165) is 6.07 Å². The van der Waals surface area contributed by atoms with E-state index < -0.39 is 28.3 Å². The van der Waals surface area contributed by atoms with Crippen molar-refractivity contribution in [2.24, 2.45) is 7.05 Å². The lowest BCUT2D eigenvalue weighted by molar-refractivity contribution is 0.0799. The van der Waals surface area contributed by atoms with Gasteiger partial charge in [-0.2, -0.15) is 14.6 Å². The van der Waals surface area contributed by atoms with Crippen LogP contribution >= 0.6 is 0 Å². The zero-order valence-electron chi connectivity index (χ0n) is 25.1. The molecule has 5 aromatic rings. The molecule has 1 amide bonds. The number of carbonyl (C=O) groups excluding carboxylic acids is 1. The molecule has 0 radical (unpaired) electrons. The zero-order chi connectivity index (χ0) is 32.0. The van der Waals surface area contributed by atoms with Crippen LogP contribution < -0.4 is 16.3 Å². The van der Waals surface area contributed by atoms with E-state index in [2.05, 4.69) is 15.0 Å². The summed E-state index contributed by atoms with van der Waals surface area (Å²) in [5.74, 6) is -1.33. The van der Waals surface area contributed by atoms with Crippen molar-refractivity contribution in [3.8, 4) is 11.5 Å². The molecule has 2 N–H and O–H groups in total. The van der Waals surface area contributed by atoms with Crippen molar-refractivity contribution in [1.82, 2.24) is 33.5 Å². The maximum atomic E-state index is 14.9. The van der Waals surface area contributed by atoms with E-state index in [1.165, 1.54) is 33.4 Å². The Balaban J connectivity index is 1.16. The Kier molecular flexibility index (Phi) is 8.18. The van der Waals surface area contributed by atoms with Crippen LogP contribution in [0.15, 0.2) is 45.8 Å². The number of aryl methyl sites for hydroxylation is 1. The average molecular weight is 642 g/mol. The largest absolute Gasteiger partial charge is 0.463 e. The number of rotatable bonds is 9. The number of piperazine rings is 1. The molecule has 1 aromatic carbocycles. The second-order valence-electron chi connectivity index (χ2n) is 11.1. The van der Waals surface area contributed by atoms with Gasteiger partial charge in [-0.1, -0.05) is 0 Å². The number of furan rings is 1. The van der Waals surface area contributed by atoms with E-state index in [4.69, 9.17) is 10.2 Å². The van der Waals surface area contributed by atoms with Crippen molar-refractivity contribution >= 4 is 45.0 Å². The van der Waals surface area contributed by atoms with Gasteiger partial charge in [0.25, 0.3) is 5.91 Å². The predicted octanol–water partition coefficient (Wildman–Crippen LogP) is 1.78. The standard InChI is InChI=1S/C29H33F2N9O4S/c1-35(12-14-45(3)43)27(41)18-15-22(20(31)16-19(18)30)38-9-6-37(7-10-38)8-11-39-26-25(36(2)29(39)42)23-17-21(24-5-4-13-44-24)34-40(23)28(32)33-26/h4-5,13,15-17H,6-12,14H2,1-3H3,(H2,32,33)/t45-/m0/s1. The van der Waals surface area contributed by atoms with Crippen LogP contribution in [0.4, 0.5) is 20.4 Å². The third-order valence-electron chi connectivity index (χ3n) is 8.16. The van der Waals surface area contributed by atoms with Crippen molar-refractivity contribution < 1.29 is 22.2 Å². The first-order valence-corrected chi connectivity index (χ1v) is 16.1.